The third kappa shape index (κ3) is 8.59. The minimum absolute atomic E-state index is 0.0563. The molecule has 0 heterocycles. The SMILES string of the molecule is CN(C(=O)OC(C)(C)C)c1cccc(OBOc2cccc(N(C)C(=O)OC(C)(C)C)c2)c1. The Hall–Kier alpha value is -3.36. The number of benzene rings is 2. The summed E-state index contributed by atoms with van der Waals surface area (Å²) in [7, 11) is 3.21. The molecule has 0 radical (unpaired) electrons. The molecule has 2 aromatic rings. The maximum Gasteiger partial charge on any atom is 0.576 e. The van der Waals surface area contributed by atoms with E-state index in [0.717, 1.165) is 0 Å². The first kappa shape index (κ1) is 25.9. The molecule has 0 N–H and O–H groups in total. The van der Waals surface area contributed by atoms with Crippen molar-refractivity contribution < 1.29 is 28.4 Å². The lowest BCUT2D eigenvalue weighted by Gasteiger charge is -2.25. The summed E-state index contributed by atoms with van der Waals surface area (Å²) in [6, 6.07) is 14.1. The maximum absolute atomic E-state index is 12.3. The smallest absolute Gasteiger partial charge is 0.528 e. The van der Waals surface area contributed by atoms with E-state index < -0.39 is 23.4 Å². The first-order valence-corrected chi connectivity index (χ1v) is 10.6. The molecule has 0 fully saturated rings. The molecule has 2 rings (SSSR count). The Labute approximate surface area is 196 Å². The van der Waals surface area contributed by atoms with Crippen molar-refractivity contribution in [2.45, 2.75) is 52.7 Å². The number of rotatable bonds is 6. The van der Waals surface area contributed by atoms with Gasteiger partial charge in [0.2, 0.25) is 0 Å². The van der Waals surface area contributed by atoms with Crippen molar-refractivity contribution in [3.05, 3.63) is 48.5 Å². The number of anilines is 2. The van der Waals surface area contributed by atoms with Crippen LogP contribution in [0.15, 0.2) is 48.5 Å². The van der Waals surface area contributed by atoms with Gasteiger partial charge in [-0.2, -0.15) is 0 Å². The molecule has 2 aromatic carbocycles. The minimum Gasteiger partial charge on any atom is -0.528 e. The Morgan fingerprint density at radius 3 is 1.39 bits per heavy atom. The van der Waals surface area contributed by atoms with Crippen LogP contribution in [0.3, 0.4) is 0 Å². The summed E-state index contributed by atoms with van der Waals surface area (Å²) >= 11 is 0. The predicted octanol–water partition coefficient (Wildman–Crippen LogP) is 5.15. The lowest BCUT2D eigenvalue weighted by Crippen LogP contribution is -2.34. The van der Waals surface area contributed by atoms with E-state index in [2.05, 4.69) is 0 Å². The molecule has 0 aromatic heterocycles. The Bertz CT molecular complexity index is 890. The van der Waals surface area contributed by atoms with Crippen LogP contribution in [0.4, 0.5) is 21.0 Å². The molecule has 0 aliphatic carbocycles. The van der Waals surface area contributed by atoms with Crippen LogP contribution >= 0.6 is 0 Å². The highest BCUT2D eigenvalue weighted by Crippen LogP contribution is 2.24. The molecule has 9 heteroatoms. The quantitative estimate of drug-likeness (QED) is 0.560. The minimum atomic E-state index is -0.584. The molecule has 8 nitrogen and oxygen atoms in total. The second kappa shape index (κ2) is 10.5. The molecule has 0 saturated carbocycles. The predicted molar refractivity (Wildman–Crippen MR) is 131 cm³/mol. The number of nitrogens with zero attached hydrogens (tertiary/aromatic N) is 2. The van der Waals surface area contributed by atoms with Gasteiger partial charge in [-0.15, -0.1) is 0 Å². The Morgan fingerprint density at radius 1 is 0.697 bits per heavy atom. The Balaban J connectivity index is 1.97. The van der Waals surface area contributed by atoms with E-state index in [4.69, 9.17) is 18.8 Å². The van der Waals surface area contributed by atoms with Crippen LogP contribution < -0.4 is 19.1 Å². The lowest BCUT2D eigenvalue weighted by molar-refractivity contribution is 0.0578. The van der Waals surface area contributed by atoms with E-state index in [1.54, 1.807) is 62.6 Å². The van der Waals surface area contributed by atoms with Gasteiger partial charge < -0.3 is 18.8 Å². The fourth-order valence-corrected chi connectivity index (χ4v) is 2.60. The van der Waals surface area contributed by atoms with E-state index >= 15 is 0 Å². The van der Waals surface area contributed by atoms with E-state index in [1.807, 2.05) is 41.5 Å². The van der Waals surface area contributed by atoms with E-state index in [9.17, 15) is 9.59 Å². The summed E-state index contributed by atoms with van der Waals surface area (Å²) in [6.07, 6.45) is -0.913. The number of amides is 2. The fraction of sp³-hybridized carbons (Fsp3) is 0.417. The second-order valence-corrected chi connectivity index (χ2v) is 9.48. The largest absolute Gasteiger partial charge is 0.576 e. The fourth-order valence-electron chi connectivity index (χ4n) is 2.60. The Kier molecular flexibility index (Phi) is 8.25. The summed E-state index contributed by atoms with van der Waals surface area (Å²) in [4.78, 5) is 27.4. The van der Waals surface area contributed by atoms with Crippen LogP contribution in [-0.2, 0) is 9.47 Å². The molecule has 178 valence electrons. The van der Waals surface area contributed by atoms with E-state index in [1.165, 1.54) is 9.80 Å². The van der Waals surface area contributed by atoms with Crippen molar-refractivity contribution in [3.8, 4) is 11.5 Å². The molecule has 0 saturated heterocycles. The van der Waals surface area contributed by atoms with Gasteiger partial charge in [0.05, 0.1) is 11.4 Å². The topological polar surface area (TPSA) is 77.5 Å². The number of ether oxygens (including phenoxy) is 2. The number of carbonyl (C=O) groups is 2. The molecule has 0 spiro atoms. The zero-order chi connectivity index (χ0) is 24.8. The molecule has 0 unspecified atom stereocenters. The van der Waals surface area contributed by atoms with E-state index in [0.29, 0.717) is 22.9 Å². The van der Waals surface area contributed by atoms with Crippen molar-refractivity contribution in [2.24, 2.45) is 0 Å². The average molecular weight is 456 g/mol. The van der Waals surface area contributed by atoms with Crippen LogP contribution in [0.5, 0.6) is 11.5 Å². The zero-order valence-corrected chi connectivity index (χ0v) is 20.7. The maximum atomic E-state index is 12.3. The lowest BCUT2D eigenvalue weighted by atomic mass is 10.2. The van der Waals surface area contributed by atoms with Gasteiger partial charge in [-0.3, -0.25) is 9.80 Å². The molecule has 0 bridgehead atoms. The molecule has 33 heavy (non-hydrogen) atoms. The van der Waals surface area contributed by atoms with Gasteiger partial charge in [-0.05, 0) is 65.8 Å². The number of hydrogen-bond acceptors (Lipinski definition) is 6. The highest BCUT2D eigenvalue weighted by molar-refractivity contribution is 6.20. The third-order valence-electron chi connectivity index (χ3n) is 4.20. The van der Waals surface area contributed by atoms with E-state index in [-0.39, 0.29) is 7.69 Å². The molecule has 0 aliphatic heterocycles. The standard InChI is InChI=1S/C24H33BN2O6/c1-23(2,3)30-21(28)26(7)17-11-9-13-19(15-17)32-25-33-20-14-10-12-18(16-20)27(8)22(29)31-24(4,5)6/h9-16,25H,1-8H3. The highest BCUT2D eigenvalue weighted by atomic mass is 16.6. The van der Waals surface area contributed by atoms with Crippen molar-refractivity contribution in [2.75, 3.05) is 23.9 Å². The van der Waals surface area contributed by atoms with Crippen LogP contribution in [0.25, 0.3) is 0 Å². The van der Waals surface area contributed by atoms with Gasteiger partial charge in [0.1, 0.15) is 22.7 Å². The van der Waals surface area contributed by atoms with Crippen LogP contribution in [0.2, 0.25) is 0 Å². The Morgan fingerprint density at radius 2 is 1.06 bits per heavy atom. The summed E-state index contributed by atoms with van der Waals surface area (Å²) in [5, 5.41) is 0. The zero-order valence-electron chi connectivity index (χ0n) is 20.7. The average Bonchev–Trinajstić information content (AvgIpc) is 2.70. The van der Waals surface area contributed by atoms with Crippen LogP contribution in [0, 0.1) is 0 Å². The van der Waals surface area contributed by atoms with Crippen molar-refractivity contribution in [1.82, 2.24) is 0 Å². The number of hydrogen-bond donors (Lipinski definition) is 0. The second-order valence-electron chi connectivity index (χ2n) is 9.48. The van der Waals surface area contributed by atoms with Gasteiger partial charge >= 0.3 is 19.9 Å². The third-order valence-corrected chi connectivity index (χ3v) is 4.20. The molecule has 2 amide bonds. The van der Waals surface area contributed by atoms with Crippen LogP contribution in [-0.4, -0.2) is 45.2 Å². The van der Waals surface area contributed by atoms with Crippen molar-refractivity contribution in [1.29, 1.82) is 0 Å². The summed E-state index contributed by atoms with van der Waals surface area (Å²) in [5.74, 6) is 1.06. The van der Waals surface area contributed by atoms with Crippen LogP contribution in [0.1, 0.15) is 41.5 Å². The molecular formula is C24H33BN2O6. The molecule has 0 aliphatic rings. The summed E-state index contributed by atoms with van der Waals surface area (Å²) < 4.78 is 22.2. The molecular weight excluding hydrogens is 423 g/mol. The van der Waals surface area contributed by atoms with Gasteiger partial charge in [0.15, 0.2) is 0 Å². The first-order valence-electron chi connectivity index (χ1n) is 10.6. The van der Waals surface area contributed by atoms with Gasteiger partial charge in [0, 0.05) is 26.2 Å². The first-order chi connectivity index (χ1) is 15.2. The van der Waals surface area contributed by atoms with Crippen molar-refractivity contribution in [3.63, 3.8) is 0 Å². The molecule has 0 atom stereocenters. The summed E-state index contributed by atoms with van der Waals surface area (Å²) in [6.45, 7) is 10.9. The normalized spacial score (nSPS) is 11.3. The van der Waals surface area contributed by atoms with Gasteiger partial charge in [0.25, 0.3) is 0 Å². The van der Waals surface area contributed by atoms with Gasteiger partial charge in [-0.1, -0.05) is 12.1 Å². The van der Waals surface area contributed by atoms with Gasteiger partial charge in [-0.25, -0.2) is 9.59 Å². The van der Waals surface area contributed by atoms with Crippen molar-refractivity contribution >= 4 is 31.2 Å². The summed E-state index contributed by atoms with van der Waals surface area (Å²) in [5.41, 5.74) is 0.0872. The monoisotopic (exact) mass is 456 g/mol. The highest BCUT2D eigenvalue weighted by Gasteiger charge is 2.22. The number of carbonyl (C=O) groups excluding carboxylic acids is 2.